The number of sulfonamides is 1. The number of aromatic nitrogens is 2. The molecule has 7 nitrogen and oxygen atoms in total. The first-order chi connectivity index (χ1) is 12.1. The van der Waals surface area contributed by atoms with E-state index < -0.39 is 10.0 Å². The molecule has 0 atom stereocenters. The van der Waals surface area contributed by atoms with Crippen LogP contribution >= 0.6 is 0 Å². The van der Waals surface area contributed by atoms with Crippen molar-refractivity contribution >= 4 is 27.0 Å². The van der Waals surface area contributed by atoms with Gasteiger partial charge in [0.2, 0.25) is 15.9 Å². The Kier molecular flexibility index (Phi) is 4.24. The zero-order valence-corrected chi connectivity index (χ0v) is 14.8. The number of carbonyl (C=O) groups excluding carboxylic acids is 1. The number of nitrogens with one attached hydrogen (secondary N) is 1. The fourth-order valence-corrected chi connectivity index (χ4v) is 5.25. The minimum Gasteiger partial charge on any atom is -0.345 e. The van der Waals surface area contributed by atoms with Gasteiger partial charge in [0.15, 0.2) is 0 Å². The van der Waals surface area contributed by atoms with Crippen molar-refractivity contribution < 1.29 is 13.2 Å². The number of piperazine rings is 1. The third-order valence-electron chi connectivity index (χ3n) is 5.28. The molecule has 1 N–H and O–H groups in total. The Hall–Kier alpha value is -1.93. The summed E-state index contributed by atoms with van der Waals surface area (Å²) in [5.74, 6) is 0.347. The second-order valence-corrected chi connectivity index (χ2v) is 8.73. The van der Waals surface area contributed by atoms with E-state index in [9.17, 15) is 13.2 Å². The molecular weight excluding hydrogens is 340 g/mol. The van der Waals surface area contributed by atoms with Crippen molar-refractivity contribution in [3.8, 4) is 0 Å². The van der Waals surface area contributed by atoms with E-state index in [-0.39, 0.29) is 16.7 Å². The standard InChI is InChI=1S/C17H22N4O3S/c22-17(13-3-1-2-4-13)20-7-9-21(10-8-20)25(23,24)14-5-6-15-16(11-14)19-12-18-15/h5-6,11-13H,1-4,7-10H2,(H,18,19). The largest absolute Gasteiger partial charge is 0.345 e. The number of hydrogen-bond donors (Lipinski definition) is 1. The molecule has 1 aromatic heterocycles. The second-order valence-electron chi connectivity index (χ2n) is 6.79. The van der Waals surface area contributed by atoms with Crippen LogP contribution in [0.4, 0.5) is 0 Å². The molecule has 1 aliphatic heterocycles. The van der Waals surface area contributed by atoms with Gasteiger partial charge in [-0.05, 0) is 31.0 Å². The van der Waals surface area contributed by atoms with E-state index in [0.29, 0.717) is 31.7 Å². The predicted molar refractivity (Wildman–Crippen MR) is 93.4 cm³/mol. The van der Waals surface area contributed by atoms with Crippen LogP contribution in [0.15, 0.2) is 29.4 Å². The summed E-state index contributed by atoms with van der Waals surface area (Å²) in [7, 11) is -3.55. The normalized spacial score (nSPS) is 20.4. The number of rotatable bonds is 3. The lowest BCUT2D eigenvalue weighted by Crippen LogP contribution is -2.51. The first-order valence-electron chi connectivity index (χ1n) is 8.78. The van der Waals surface area contributed by atoms with E-state index in [2.05, 4.69) is 9.97 Å². The molecule has 134 valence electrons. The van der Waals surface area contributed by atoms with Gasteiger partial charge in [-0.2, -0.15) is 4.31 Å². The zero-order valence-electron chi connectivity index (χ0n) is 14.0. The first-order valence-corrected chi connectivity index (χ1v) is 10.2. The van der Waals surface area contributed by atoms with Gasteiger partial charge in [-0.3, -0.25) is 4.79 Å². The van der Waals surface area contributed by atoms with Crippen LogP contribution in [0.3, 0.4) is 0 Å². The SMILES string of the molecule is O=C(C1CCCC1)N1CCN(S(=O)(=O)c2ccc3nc[nH]c3c2)CC1. The molecule has 1 aliphatic carbocycles. The highest BCUT2D eigenvalue weighted by atomic mass is 32.2. The highest BCUT2D eigenvalue weighted by molar-refractivity contribution is 7.89. The van der Waals surface area contributed by atoms with Gasteiger partial charge in [-0.1, -0.05) is 12.8 Å². The smallest absolute Gasteiger partial charge is 0.243 e. The molecule has 0 radical (unpaired) electrons. The van der Waals surface area contributed by atoms with Crippen LogP contribution in [-0.2, 0) is 14.8 Å². The van der Waals surface area contributed by atoms with Crippen molar-refractivity contribution in [3.05, 3.63) is 24.5 Å². The van der Waals surface area contributed by atoms with Crippen molar-refractivity contribution in [2.24, 2.45) is 5.92 Å². The number of amides is 1. The molecule has 25 heavy (non-hydrogen) atoms. The average Bonchev–Trinajstić information content (AvgIpc) is 3.32. The van der Waals surface area contributed by atoms with Crippen molar-refractivity contribution in [2.45, 2.75) is 30.6 Å². The van der Waals surface area contributed by atoms with Gasteiger partial charge >= 0.3 is 0 Å². The Morgan fingerprint density at radius 3 is 2.56 bits per heavy atom. The molecule has 2 aromatic rings. The fourth-order valence-electron chi connectivity index (χ4n) is 3.80. The topological polar surface area (TPSA) is 86.4 Å². The molecule has 2 heterocycles. The van der Waals surface area contributed by atoms with Crippen LogP contribution in [0.25, 0.3) is 11.0 Å². The monoisotopic (exact) mass is 362 g/mol. The number of benzene rings is 1. The number of carbonyl (C=O) groups is 1. The molecule has 1 amide bonds. The summed E-state index contributed by atoms with van der Waals surface area (Å²) < 4.78 is 27.2. The Morgan fingerprint density at radius 2 is 1.84 bits per heavy atom. The van der Waals surface area contributed by atoms with Gasteiger partial charge in [0.05, 0.1) is 22.3 Å². The maximum atomic E-state index is 12.9. The van der Waals surface area contributed by atoms with Crippen molar-refractivity contribution in [1.82, 2.24) is 19.2 Å². The molecule has 1 aromatic carbocycles. The molecule has 2 aliphatic rings. The molecule has 0 bridgehead atoms. The molecule has 1 saturated carbocycles. The Morgan fingerprint density at radius 1 is 1.12 bits per heavy atom. The highest BCUT2D eigenvalue weighted by Gasteiger charge is 2.33. The van der Waals surface area contributed by atoms with Gasteiger partial charge in [0, 0.05) is 32.1 Å². The first kappa shape index (κ1) is 16.5. The third kappa shape index (κ3) is 3.04. The van der Waals surface area contributed by atoms with Crippen LogP contribution in [0.1, 0.15) is 25.7 Å². The Labute approximate surface area is 147 Å². The maximum absolute atomic E-state index is 12.9. The van der Waals surface area contributed by atoms with Crippen LogP contribution < -0.4 is 0 Å². The quantitative estimate of drug-likeness (QED) is 0.898. The number of hydrogen-bond acceptors (Lipinski definition) is 4. The van der Waals surface area contributed by atoms with E-state index in [0.717, 1.165) is 31.2 Å². The van der Waals surface area contributed by atoms with E-state index in [1.807, 2.05) is 4.90 Å². The average molecular weight is 362 g/mol. The van der Waals surface area contributed by atoms with E-state index in [1.165, 1.54) is 4.31 Å². The number of H-pyrrole nitrogens is 1. The molecule has 1 saturated heterocycles. The van der Waals surface area contributed by atoms with Crippen LogP contribution in [0.5, 0.6) is 0 Å². The van der Waals surface area contributed by atoms with Gasteiger partial charge in [0.1, 0.15) is 0 Å². The summed E-state index contributed by atoms with van der Waals surface area (Å²) in [5, 5.41) is 0. The molecule has 8 heteroatoms. The van der Waals surface area contributed by atoms with Crippen molar-refractivity contribution in [1.29, 1.82) is 0 Å². The number of imidazole rings is 1. The fraction of sp³-hybridized carbons (Fsp3) is 0.529. The summed E-state index contributed by atoms with van der Waals surface area (Å²) in [6.45, 7) is 1.64. The maximum Gasteiger partial charge on any atom is 0.243 e. The number of aromatic amines is 1. The summed E-state index contributed by atoms with van der Waals surface area (Å²) in [6, 6.07) is 4.92. The Bertz CT molecular complexity index is 878. The predicted octanol–water partition coefficient (Wildman–Crippen LogP) is 1.59. The Balaban J connectivity index is 1.46. The molecule has 0 unspecified atom stereocenters. The van der Waals surface area contributed by atoms with Crippen LogP contribution in [-0.4, -0.2) is 59.7 Å². The molecule has 4 rings (SSSR count). The number of nitrogens with zero attached hydrogens (tertiary/aromatic N) is 3. The van der Waals surface area contributed by atoms with Crippen LogP contribution in [0.2, 0.25) is 0 Å². The van der Waals surface area contributed by atoms with Crippen molar-refractivity contribution in [3.63, 3.8) is 0 Å². The van der Waals surface area contributed by atoms with E-state index in [1.54, 1.807) is 24.5 Å². The van der Waals surface area contributed by atoms with Crippen molar-refractivity contribution in [2.75, 3.05) is 26.2 Å². The lowest BCUT2D eigenvalue weighted by Gasteiger charge is -2.35. The summed E-state index contributed by atoms with van der Waals surface area (Å²) in [6.07, 6.45) is 5.75. The van der Waals surface area contributed by atoms with E-state index in [4.69, 9.17) is 0 Å². The minimum absolute atomic E-state index is 0.144. The van der Waals surface area contributed by atoms with Crippen LogP contribution in [0, 0.1) is 5.92 Å². The molecule has 0 spiro atoms. The van der Waals surface area contributed by atoms with Gasteiger partial charge in [-0.15, -0.1) is 0 Å². The third-order valence-corrected chi connectivity index (χ3v) is 7.18. The molecule has 2 fully saturated rings. The summed E-state index contributed by atoms with van der Waals surface area (Å²) in [4.78, 5) is 21.6. The lowest BCUT2D eigenvalue weighted by molar-refractivity contribution is -0.136. The summed E-state index contributed by atoms with van der Waals surface area (Å²) >= 11 is 0. The summed E-state index contributed by atoms with van der Waals surface area (Å²) in [5.41, 5.74) is 1.45. The van der Waals surface area contributed by atoms with Gasteiger partial charge < -0.3 is 9.88 Å². The zero-order chi connectivity index (χ0) is 17.4. The molecular formula is C17H22N4O3S. The van der Waals surface area contributed by atoms with Gasteiger partial charge in [-0.25, -0.2) is 13.4 Å². The van der Waals surface area contributed by atoms with Gasteiger partial charge in [0.25, 0.3) is 0 Å². The minimum atomic E-state index is -3.55. The highest BCUT2D eigenvalue weighted by Crippen LogP contribution is 2.27. The van der Waals surface area contributed by atoms with E-state index >= 15 is 0 Å². The number of fused-ring (bicyclic) bond motifs is 1. The lowest BCUT2D eigenvalue weighted by atomic mass is 10.1. The second kappa shape index (κ2) is 6.42.